The number of halogens is 3. The van der Waals surface area contributed by atoms with Gasteiger partial charge in [0.15, 0.2) is 0 Å². The van der Waals surface area contributed by atoms with Crippen molar-refractivity contribution in [3.05, 3.63) is 11.1 Å². The summed E-state index contributed by atoms with van der Waals surface area (Å²) >= 11 is 5.27. The summed E-state index contributed by atoms with van der Waals surface area (Å²) in [7, 11) is 0. The molecule has 1 aliphatic rings. The van der Waals surface area contributed by atoms with E-state index in [0.717, 1.165) is 6.08 Å². The molecule has 1 rings (SSSR count). The zero-order chi connectivity index (χ0) is 11.1. The summed E-state index contributed by atoms with van der Waals surface area (Å²) in [5.74, 6) is -1.95. The Morgan fingerprint density at radius 2 is 2.07 bits per heavy atom. The van der Waals surface area contributed by atoms with E-state index in [-0.39, 0.29) is 5.92 Å². The van der Waals surface area contributed by atoms with Gasteiger partial charge in [-0.3, -0.25) is 4.79 Å². The molecule has 0 aromatic carbocycles. The van der Waals surface area contributed by atoms with E-state index < -0.39 is 28.8 Å². The van der Waals surface area contributed by atoms with E-state index >= 15 is 0 Å². The molecule has 1 saturated carbocycles. The van der Waals surface area contributed by atoms with Crippen LogP contribution in [0.25, 0.3) is 0 Å². The minimum Gasteiger partial charge on any atom is -0.481 e. The third-order valence-corrected chi connectivity index (χ3v) is 3.01. The van der Waals surface area contributed by atoms with Crippen LogP contribution in [-0.2, 0) is 4.79 Å². The smallest absolute Gasteiger partial charge is 0.307 e. The summed E-state index contributed by atoms with van der Waals surface area (Å²) in [5.41, 5.74) is -0.471. The fourth-order valence-electron chi connectivity index (χ4n) is 1.70. The topological polar surface area (TPSA) is 37.3 Å². The van der Waals surface area contributed by atoms with Crippen LogP contribution in [0.1, 0.15) is 13.8 Å². The molecule has 2 unspecified atom stereocenters. The van der Waals surface area contributed by atoms with Crippen molar-refractivity contribution in [2.24, 2.45) is 17.3 Å². The Labute approximate surface area is 85.6 Å². The molecule has 2 nitrogen and oxygen atoms in total. The molecule has 5 heteroatoms. The molecule has 0 spiro atoms. The summed E-state index contributed by atoms with van der Waals surface area (Å²) in [5, 5.41) is 8.19. The van der Waals surface area contributed by atoms with Gasteiger partial charge in [0.1, 0.15) is 0 Å². The molecular weight excluding hydrogens is 214 g/mol. The quantitative estimate of drug-likeness (QED) is 0.800. The van der Waals surface area contributed by atoms with Crippen molar-refractivity contribution in [2.45, 2.75) is 20.3 Å². The largest absolute Gasteiger partial charge is 0.481 e. The highest BCUT2D eigenvalue weighted by Gasteiger charge is 2.61. The van der Waals surface area contributed by atoms with E-state index in [4.69, 9.17) is 16.7 Å². The molecule has 80 valence electrons. The van der Waals surface area contributed by atoms with Gasteiger partial charge >= 0.3 is 5.97 Å². The van der Waals surface area contributed by atoms with Crippen LogP contribution >= 0.6 is 11.6 Å². The van der Waals surface area contributed by atoms with Crippen LogP contribution in [0.5, 0.6) is 0 Å². The summed E-state index contributed by atoms with van der Waals surface area (Å²) in [4.78, 5) is 10.7. The van der Waals surface area contributed by atoms with E-state index in [2.05, 4.69) is 0 Å². The van der Waals surface area contributed by atoms with Crippen LogP contribution in [0.4, 0.5) is 8.78 Å². The summed E-state index contributed by atoms with van der Waals surface area (Å²) < 4.78 is 24.1. The molecular formula is C9H11ClF2O2. The Balaban J connectivity index is 2.75. The van der Waals surface area contributed by atoms with Crippen molar-refractivity contribution in [1.82, 2.24) is 0 Å². The second kappa shape index (κ2) is 3.50. The summed E-state index contributed by atoms with van der Waals surface area (Å²) in [6, 6.07) is 0. The molecule has 0 aliphatic heterocycles. The molecule has 0 amide bonds. The van der Waals surface area contributed by atoms with E-state index in [9.17, 15) is 13.6 Å². The highest BCUT2D eigenvalue weighted by Crippen LogP contribution is 2.59. The SMILES string of the molecule is CC1(C)C(C=C(Cl)C(F)F)C1C(=O)O. The van der Waals surface area contributed by atoms with Gasteiger partial charge in [0, 0.05) is 0 Å². The first-order valence-corrected chi connectivity index (χ1v) is 4.54. The van der Waals surface area contributed by atoms with Crippen LogP contribution in [0.3, 0.4) is 0 Å². The van der Waals surface area contributed by atoms with Crippen molar-refractivity contribution in [2.75, 3.05) is 0 Å². The Hall–Kier alpha value is -0.640. The molecule has 1 N–H and O–H groups in total. The van der Waals surface area contributed by atoms with Gasteiger partial charge in [-0.1, -0.05) is 31.5 Å². The van der Waals surface area contributed by atoms with Crippen LogP contribution in [0, 0.1) is 17.3 Å². The van der Waals surface area contributed by atoms with Crippen molar-refractivity contribution in [3.63, 3.8) is 0 Å². The van der Waals surface area contributed by atoms with Crippen molar-refractivity contribution in [3.8, 4) is 0 Å². The third kappa shape index (κ3) is 1.90. The fraction of sp³-hybridized carbons (Fsp3) is 0.667. The number of allylic oxidation sites excluding steroid dienone is 2. The Kier molecular flexibility index (Phi) is 2.86. The molecule has 1 aliphatic carbocycles. The zero-order valence-corrected chi connectivity index (χ0v) is 8.55. The van der Waals surface area contributed by atoms with Gasteiger partial charge < -0.3 is 5.11 Å². The first kappa shape index (κ1) is 11.4. The first-order chi connectivity index (χ1) is 6.28. The Morgan fingerprint density at radius 3 is 2.36 bits per heavy atom. The third-order valence-electron chi connectivity index (χ3n) is 2.72. The standard InChI is InChI=1S/C9H11ClF2O2/c1-9(2)4(6(9)8(13)14)3-5(10)7(11)12/h3-4,6-7H,1-2H3,(H,13,14). The zero-order valence-electron chi connectivity index (χ0n) is 7.80. The number of carboxylic acids is 1. The van der Waals surface area contributed by atoms with E-state index in [0.29, 0.717) is 0 Å². The van der Waals surface area contributed by atoms with Gasteiger partial charge in [-0.2, -0.15) is 0 Å². The lowest BCUT2D eigenvalue weighted by molar-refractivity contribution is -0.139. The molecule has 14 heavy (non-hydrogen) atoms. The van der Waals surface area contributed by atoms with Crippen molar-refractivity contribution < 1.29 is 18.7 Å². The monoisotopic (exact) mass is 224 g/mol. The number of carbonyl (C=O) groups is 1. The number of rotatable bonds is 3. The van der Waals surface area contributed by atoms with Gasteiger partial charge in [-0.15, -0.1) is 0 Å². The normalized spacial score (nSPS) is 30.6. The molecule has 0 bridgehead atoms. The highest BCUT2D eigenvalue weighted by molar-refractivity contribution is 6.30. The van der Waals surface area contributed by atoms with Gasteiger partial charge in [0.05, 0.1) is 11.0 Å². The lowest BCUT2D eigenvalue weighted by Crippen LogP contribution is -2.03. The summed E-state index contributed by atoms with van der Waals surface area (Å²) in [6.45, 7) is 3.45. The number of hydrogen-bond acceptors (Lipinski definition) is 1. The molecule has 0 radical (unpaired) electrons. The molecule has 0 aromatic rings. The van der Waals surface area contributed by atoms with Gasteiger partial charge in [0.2, 0.25) is 0 Å². The molecule has 0 heterocycles. The Bertz CT molecular complexity index is 287. The Morgan fingerprint density at radius 1 is 1.57 bits per heavy atom. The molecule has 1 fully saturated rings. The minimum absolute atomic E-state index is 0.388. The average Bonchev–Trinajstić information content (AvgIpc) is 2.52. The predicted molar refractivity (Wildman–Crippen MR) is 48.3 cm³/mol. The molecule has 2 atom stereocenters. The van der Waals surface area contributed by atoms with E-state index in [1.165, 1.54) is 0 Å². The number of carboxylic acid groups (broad SMARTS) is 1. The van der Waals surface area contributed by atoms with E-state index in [1.54, 1.807) is 13.8 Å². The first-order valence-electron chi connectivity index (χ1n) is 4.16. The average molecular weight is 225 g/mol. The molecule has 0 aromatic heterocycles. The lowest BCUT2D eigenvalue weighted by Gasteiger charge is -1.98. The lowest BCUT2D eigenvalue weighted by atomic mass is 10.1. The maximum atomic E-state index is 12.0. The predicted octanol–water partition coefficient (Wildman–Crippen LogP) is 2.73. The van der Waals surface area contributed by atoms with Crippen LogP contribution < -0.4 is 0 Å². The number of hydrogen-bond donors (Lipinski definition) is 1. The van der Waals surface area contributed by atoms with Gasteiger partial charge in [0.25, 0.3) is 6.43 Å². The maximum absolute atomic E-state index is 12.0. The second-order valence-corrected chi connectivity index (χ2v) is 4.45. The van der Waals surface area contributed by atoms with Crippen LogP contribution in [0.15, 0.2) is 11.1 Å². The van der Waals surface area contributed by atoms with Gasteiger partial charge in [-0.25, -0.2) is 8.78 Å². The number of alkyl halides is 2. The summed E-state index contributed by atoms with van der Waals surface area (Å²) in [6.07, 6.45) is -1.56. The van der Waals surface area contributed by atoms with Crippen LogP contribution in [-0.4, -0.2) is 17.5 Å². The van der Waals surface area contributed by atoms with Crippen molar-refractivity contribution >= 4 is 17.6 Å². The number of aliphatic carboxylic acids is 1. The second-order valence-electron chi connectivity index (χ2n) is 4.02. The van der Waals surface area contributed by atoms with Crippen LogP contribution in [0.2, 0.25) is 0 Å². The maximum Gasteiger partial charge on any atom is 0.307 e. The van der Waals surface area contributed by atoms with Crippen molar-refractivity contribution in [1.29, 1.82) is 0 Å². The van der Waals surface area contributed by atoms with E-state index in [1.807, 2.05) is 0 Å². The van der Waals surface area contributed by atoms with Gasteiger partial charge in [-0.05, 0) is 11.3 Å². The highest BCUT2D eigenvalue weighted by atomic mass is 35.5. The molecule has 0 saturated heterocycles. The fourth-order valence-corrected chi connectivity index (χ4v) is 1.84. The minimum atomic E-state index is -2.72.